The van der Waals surface area contributed by atoms with Gasteiger partial charge in [-0.15, -0.1) is 5.54 Å². The van der Waals surface area contributed by atoms with Crippen molar-refractivity contribution in [1.29, 1.82) is 0 Å². The molecule has 0 N–H and O–H groups in total. The number of carbonyl (C=O) groups excluding carboxylic acids is 2. The van der Waals surface area contributed by atoms with E-state index in [1.807, 2.05) is 20.8 Å². The van der Waals surface area contributed by atoms with Crippen molar-refractivity contribution >= 4 is 20.1 Å². The highest BCUT2D eigenvalue weighted by Crippen LogP contribution is 2.18. The van der Waals surface area contributed by atoms with E-state index in [9.17, 15) is 9.59 Å². The molecular formula is C19H28N2O3Si. The number of nitrogens with zero attached hydrogens (tertiary/aromatic N) is 2. The van der Waals surface area contributed by atoms with Crippen LogP contribution in [0.1, 0.15) is 49.7 Å². The minimum Gasteiger partial charge on any atom is -0.443 e. The summed E-state index contributed by atoms with van der Waals surface area (Å²) in [6.07, 6.45) is 3.07. The number of hydrogen-bond acceptors (Lipinski definition) is 3. The van der Waals surface area contributed by atoms with E-state index in [-0.39, 0.29) is 5.91 Å². The minimum atomic E-state index is -1.55. The van der Waals surface area contributed by atoms with Crippen LogP contribution in [0, 0.1) is 11.5 Å². The first-order valence-electron chi connectivity index (χ1n) is 8.74. The van der Waals surface area contributed by atoms with Crippen molar-refractivity contribution in [2.75, 3.05) is 13.1 Å². The van der Waals surface area contributed by atoms with E-state index >= 15 is 0 Å². The summed E-state index contributed by atoms with van der Waals surface area (Å²) in [6.45, 7) is 13.3. The third kappa shape index (κ3) is 5.50. The second-order valence-electron chi connectivity index (χ2n) is 8.46. The molecule has 1 aliphatic heterocycles. The van der Waals surface area contributed by atoms with E-state index in [0.29, 0.717) is 11.3 Å². The summed E-state index contributed by atoms with van der Waals surface area (Å²) < 4.78 is 6.76. The van der Waals surface area contributed by atoms with Gasteiger partial charge in [0.2, 0.25) is 0 Å². The van der Waals surface area contributed by atoms with Crippen molar-refractivity contribution in [3.63, 3.8) is 0 Å². The Bertz CT molecular complexity index is 721. The highest BCUT2D eigenvalue weighted by molar-refractivity contribution is 6.83. The van der Waals surface area contributed by atoms with E-state index in [4.69, 9.17) is 4.74 Å². The van der Waals surface area contributed by atoms with E-state index in [1.165, 1.54) is 4.57 Å². The zero-order valence-corrected chi connectivity index (χ0v) is 17.1. The van der Waals surface area contributed by atoms with E-state index in [2.05, 4.69) is 31.1 Å². The summed E-state index contributed by atoms with van der Waals surface area (Å²) in [5, 5.41) is 0. The lowest BCUT2D eigenvalue weighted by molar-refractivity contribution is 0.0518. The van der Waals surface area contributed by atoms with Crippen LogP contribution < -0.4 is 0 Å². The molecule has 1 saturated heterocycles. The molecule has 2 rings (SSSR count). The maximum atomic E-state index is 12.8. The molecule has 0 unspecified atom stereocenters. The van der Waals surface area contributed by atoms with Crippen molar-refractivity contribution in [2.24, 2.45) is 0 Å². The van der Waals surface area contributed by atoms with Gasteiger partial charge in [-0.25, -0.2) is 9.36 Å². The fraction of sp³-hybridized carbons (Fsp3) is 0.579. The molecule has 0 aromatic carbocycles. The maximum absolute atomic E-state index is 12.8. The van der Waals surface area contributed by atoms with Gasteiger partial charge in [0.05, 0.1) is 0 Å². The second kappa shape index (κ2) is 7.09. The average molecular weight is 361 g/mol. The molecule has 1 fully saturated rings. The third-order valence-corrected chi connectivity index (χ3v) is 4.48. The summed E-state index contributed by atoms with van der Waals surface area (Å²) in [7, 11) is -1.55. The Balaban J connectivity index is 2.39. The Hall–Kier alpha value is -2.00. The van der Waals surface area contributed by atoms with Gasteiger partial charge < -0.3 is 9.64 Å². The molecule has 0 bridgehead atoms. The maximum Gasteiger partial charge on any atom is 0.419 e. The molecule has 6 heteroatoms. The number of hydrogen-bond donors (Lipinski definition) is 0. The van der Waals surface area contributed by atoms with E-state index in [1.54, 1.807) is 17.2 Å². The summed E-state index contributed by atoms with van der Waals surface area (Å²) in [4.78, 5) is 27.1. The number of carbonyl (C=O) groups is 2. The van der Waals surface area contributed by atoms with Gasteiger partial charge in [-0.3, -0.25) is 4.79 Å². The Morgan fingerprint density at radius 1 is 1.16 bits per heavy atom. The van der Waals surface area contributed by atoms with Crippen LogP contribution in [0.4, 0.5) is 4.79 Å². The highest BCUT2D eigenvalue weighted by atomic mass is 28.3. The fourth-order valence-electron chi connectivity index (χ4n) is 2.50. The molecule has 0 saturated carbocycles. The molecule has 2 heterocycles. The Labute approximate surface area is 151 Å². The van der Waals surface area contributed by atoms with Crippen LogP contribution in [0.15, 0.2) is 12.3 Å². The molecule has 1 aromatic heterocycles. The summed E-state index contributed by atoms with van der Waals surface area (Å²) in [5.41, 5.74) is 3.65. The third-order valence-electron chi connectivity index (χ3n) is 3.60. The van der Waals surface area contributed by atoms with Crippen LogP contribution in [-0.4, -0.2) is 48.2 Å². The molecule has 5 nitrogen and oxygen atoms in total. The molecular weight excluding hydrogens is 332 g/mol. The van der Waals surface area contributed by atoms with Crippen molar-refractivity contribution < 1.29 is 14.3 Å². The number of rotatable bonds is 1. The summed E-state index contributed by atoms with van der Waals surface area (Å²) in [6, 6.07) is 1.71. The quantitative estimate of drug-likeness (QED) is 0.566. The summed E-state index contributed by atoms with van der Waals surface area (Å²) in [5.74, 6) is 2.99. The zero-order valence-electron chi connectivity index (χ0n) is 16.1. The van der Waals surface area contributed by atoms with Crippen molar-refractivity contribution in [1.82, 2.24) is 9.47 Å². The van der Waals surface area contributed by atoms with Crippen LogP contribution in [0.2, 0.25) is 19.6 Å². The number of likely N-dealkylation sites (tertiary alicyclic amines) is 1. The lowest BCUT2D eigenvalue weighted by Crippen LogP contribution is -2.33. The minimum absolute atomic E-state index is 0.135. The molecule has 0 aliphatic carbocycles. The summed E-state index contributed by atoms with van der Waals surface area (Å²) >= 11 is 0. The molecule has 136 valence electrons. The largest absolute Gasteiger partial charge is 0.443 e. The molecule has 1 aromatic rings. The monoisotopic (exact) mass is 360 g/mol. The highest BCUT2D eigenvalue weighted by Gasteiger charge is 2.27. The number of ether oxygens (including phenoxy) is 1. The lowest BCUT2D eigenvalue weighted by atomic mass is 10.2. The molecule has 1 amide bonds. The lowest BCUT2D eigenvalue weighted by Gasteiger charge is -2.21. The molecule has 0 atom stereocenters. The second-order valence-corrected chi connectivity index (χ2v) is 13.2. The van der Waals surface area contributed by atoms with Crippen LogP contribution in [0.3, 0.4) is 0 Å². The fourth-order valence-corrected chi connectivity index (χ4v) is 3.02. The molecule has 0 spiro atoms. The van der Waals surface area contributed by atoms with Crippen molar-refractivity contribution in [3.05, 3.63) is 23.5 Å². The van der Waals surface area contributed by atoms with Gasteiger partial charge in [0.25, 0.3) is 5.91 Å². The smallest absolute Gasteiger partial charge is 0.419 e. The number of aromatic nitrogens is 1. The van der Waals surface area contributed by atoms with Gasteiger partial charge in [-0.05, 0) is 39.7 Å². The topological polar surface area (TPSA) is 51.5 Å². The van der Waals surface area contributed by atoms with Crippen molar-refractivity contribution in [2.45, 2.75) is 58.9 Å². The average Bonchev–Trinajstić information content (AvgIpc) is 3.11. The first-order chi connectivity index (χ1) is 11.5. The number of amides is 1. The standard InChI is InChI=1S/C19H28N2O3Si/c1-19(2,3)24-18(23)21-14-15(9-12-25(4,5)6)13-16(21)17(22)20-10-7-8-11-20/h13-14H,7-8,10-11H2,1-6H3. The molecule has 1 aliphatic rings. The predicted molar refractivity (Wildman–Crippen MR) is 101 cm³/mol. The van der Waals surface area contributed by atoms with Gasteiger partial charge in [0, 0.05) is 24.8 Å². The van der Waals surface area contributed by atoms with Crippen LogP contribution in [-0.2, 0) is 4.74 Å². The zero-order chi connectivity index (χ0) is 18.8. The van der Waals surface area contributed by atoms with Gasteiger partial charge in [-0.1, -0.05) is 25.6 Å². The van der Waals surface area contributed by atoms with Gasteiger partial charge in [0.1, 0.15) is 19.4 Å². The first kappa shape index (κ1) is 19.3. The van der Waals surface area contributed by atoms with E-state index < -0.39 is 19.8 Å². The van der Waals surface area contributed by atoms with Crippen LogP contribution in [0.25, 0.3) is 0 Å². The first-order valence-corrected chi connectivity index (χ1v) is 12.2. The predicted octanol–water partition coefficient (Wildman–Crippen LogP) is 3.74. The van der Waals surface area contributed by atoms with Gasteiger partial charge >= 0.3 is 6.09 Å². The SMILES string of the molecule is CC(C)(C)OC(=O)n1cc(C#C[Si](C)(C)C)cc1C(=O)N1CCCC1. The Morgan fingerprint density at radius 3 is 2.28 bits per heavy atom. The normalized spacial score (nSPS) is 14.9. The van der Waals surface area contributed by atoms with Crippen LogP contribution in [0.5, 0.6) is 0 Å². The van der Waals surface area contributed by atoms with E-state index in [0.717, 1.165) is 25.9 Å². The van der Waals surface area contributed by atoms with Gasteiger partial charge in [-0.2, -0.15) is 0 Å². The molecule has 25 heavy (non-hydrogen) atoms. The van der Waals surface area contributed by atoms with Crippen LogP contribution >= 0.6 is 0 Å². The Kier molecular flexibility index (Phi) is 5.48. The Morgan fingerprint density at radius 2 is 1.76 bits per heavy atom. The van der Waals surface area contributed by atoms with Crippen molar-refractivity contribution in [3.8, 4) is 11.5 Å². The molecule has 0 radical (unpaired) electrons. The van der Waals surface area contributed by atoms with Gasteiger partial charge in [0.15, 0.2) is 0 Å².